The van der Waals surface area contributed by atoms with Gasteiger partial charge in [-0.2, -0.15) is 11.8 Å². The molecule has 8 nitrogen and oxygen atoms in total. The number of nitrogens with zero attached hydrogens (tertiary/aromatic N) is 3. The predicted octanol–water partition coefficient (Wildman–Crippen LogP) is 4.48. The van der Waals surface area contributed by atoms with E-state index in [2.05, 4.69) is 10.3 Å². The van der Waals surface area contributed by atoms with Crippen molar-refractivity contribution in [1.82, 2.24) is 15.2 Å². The van der Waals surface area contributed by atoms with Crippen LogP contribution in [0.1, 0.15) is 36.4 Å². The van der Waals surface area contributed by atoms with Crippen LogP contribution >= 0.6 is 34.7 Å². The van der Waals surface area contributed by atoms with Crippen molar-refractivity contribution in [2.75, 3.05) is 38.3 Å². The lowest BCUT2D eigenvalue weighted by molar-refractivity contribution is -0.139. The van der Waals surface area contributed by atoms with Gasteiger partial charge in [0.05, 0.1) is 18.7 Å². The van der Waals surface area contributed by atoms with E-state index in [1.54, 1.807) is 23.4 Å². The van der Waals surface area contributed by atoms with Crippen LogP contribution in [0.5, 0.6) is 0 Å². The first-order chi connectivity index (χ1) is 19.2. The van der Waals surface area contributed by atoms with E-state index >= 15 is 0 Å². The number of hydrogen-bond donors (Lipinski definition) is 2. The van der Waals surface area contributed by atoms with Crippen molar-refractivity contribution in [3.8, 4) is 0 Å². The van der Waals surface area contributed by atoms with E-state index in [1.165, 1.54) is 35.2 Å². The van der Waals surface area contributed by atoms with E-state index in [-0.39, 0.29) is 48.4 Å². The van der Waals surface area contributed by atoms with Crippen LogP contribution in [-0.2, 0) is 14.3 Å². The number of aromatic nitrogens is 1. The molecule has 0 saturated carbocycles. The maximum Gasteiger partial charge on any atom is 0.338 e. The summed E-state index contributed by atoms with van der Waals surface area (Å²) in [6.07, 6.45) is 2.36. The molecule has 1 aromatic carbocycles. The Bertz CT molecular complexity index is 1230. The summed E-state index contributed by atoms with van der Waals surface area (Å²) in [5.74, 6) is -3.05. The number of likely N-dealkylation sites (tertiary alicyclic amines) is 1. The Labute approximate surface area is 243 Å². The number of alkyl halides is 2. The molecule has 4 rings (SSSR count). The molecule has 0 amide bonds. The highest BCUT2D eigenvalue weighted by molar-refractivity contribution is 7.99. The van der Waals surface area contributed by atoms with Gasteiger partial charge in [-0.3, -0.25) is 9.89 Å². The van der Waals surface area contributed by atoms with Crippen LogP contribution in [0.25, 0.3) is 0 Å². The van der Waals surface area contributed by atoms with Gasteiger partial charge in [0.15, 0.2) is 10.8 Å². The summed E-state index contributed by atoms with van der Waals surface area (Å²) >= 11 is 9.08. The Morgan fingerprint density at radius 1 is 1.40 bits per heavy atom. The van der Waals surface area contributed by atoms with E-state index in [0.29, 0.717) is 27.9 Å². The number of carbonyl (C=O) groups excluding carboxylic acids is 2. The van der Waals surface area contributed by atoms with Crippen molar-refractivity contribution >= 4 is 52.8 Å². The molecule has 0 bridgehead atoms. The predicted molar refractivity (Wildman–Crippen MR) is 151 cm³/mol. The number of esters is 1. The van der Waals surface area contributed by atoms with Crippen molar-refractivity contribution < 1.29 is 32.6 Å². The number of hydrogen-bond acceptors (Lipinski definition) is 10. The van der Waals surface area contributed by atoms with Crippen LogP contribution in [-0.4, -0.2) is 83.4 Å². The van der Waals surface area contributed by atoms with Gasteiger partial charge in [0.2, 0.25) is 0 Å². The normalized spacial score (nSPS) is 20.6. The number of rotatable bonds is 10. The fraction of sp³-hybridized carbons (Fsp3) is 0.462. The van der Waals surface area contributed by atoms with Gasteiger partial charge in [-0.15, -0.1) is 11.3 Å². The average Bonchev–Trinajstić information content (AvgIpc) is 3.46. The summed E-state index contributed by atoms with van der Waals surface area (Å²) in [6, 6.07) is 2.57. The molecule has 1 fully saturated rings. The number of aliphatic hydroxyl groups is 1. The molecular formula is C26H30ClF3N4O4S2. The van der Waals surface area contributed by atoms with E-state index in [9.17, 15) is 22.8 Å². The number of thiazole rings is 1. The van der Waals surface area contributed by atoms with E-state index < -0.39 is 30.3 Å². The summed E-state index contributed by atoms with van der Waals surface area (Å²) in [5, 5.41) is 12.5. The lowest BCUT2D eigenvalue weighted by atomic mass is 9.94. The van der Waals surface area contributed by atoms with Gasteiger partial charge in [0, 0.05) is 65.5 Å². The molecule has 1 unspecified atom stereocenters. The minimum atomic E-state index is -2.91. The number of piperidine rings is 1. The second kappa shape index (κ2) is 15.0. The van der Waals surface area contributed by atoms with Gasteiger partial charge in [0.1, 0.15) is 18.1 Å². The Morgan fingerprint density at radius 3 is 2.83 bits per heavy atom. The fourth-order valence-electron chi connectivity index (χ4n) is 4.46. The van der Waals surface area contributed by atoms with Crippen molar-refractivity contribution in [1.29, 1.82) is 0 Å². The molecule has 218 valence electrons. The first-order valence-electron chi connectivity index (χ1n) is 12.4. The lowest BCUT2D eigenvalue weighted by Gasteiger charge is -2.40. The number of aldehydes is 1. The molecule has 1 aromatic heterocycles. The van der Waals surface area contributed by atoms with Crippen molar-refractivity contribution in [3.63, 3.8) is 0 Å². The minimum Gasteiger partial charge on any atom is -0.463 e. The first-order valence-corrected chi connectivity index (χ1v) is 14.8. The van der Waals surface area contributed by atoms with Crippen molar-refractivity contribution in [2.45, 2.75) is 37.8 Å². The van der Waals surface area contributed by atoms with Crippen molar-refractivity contribution in [3.05, 3.63) is 62.5 Å². The zero-order chi connectivity index (χ0) is 29.3. The third-order valence-electron chi connectivity index (χ3n) is 6.16. The number of amidine groups is 1. The number of benzene rings is 1. The molecule has 0 aliphatic carbocycles. The van der Waals surface area contributed by atoms with Crippen LogP contribution in [0.3, 0.4) is 0 Å². The topological polar surface area (TPSA) is 104 Å². The van der Waals surface area contributed by atoms with Gasteiger partial charge >= 0.3 is 5.97 Å². The summed E-state index contributed by atoms with van der Waals surface area (Å²) in [7, 11) is 1.00. The van der Waals surface area contributed by atoms with Gasteiger partial charge < -0.3 is 20.0 Å². The van der Waals surface area contributed by atoms with E-state index in [1.807, 2.05) is 0 Å². The monoisotopic (exact) mass is 618 g/mol. The lowest BCUT2D eigenvalue weighted by Crippen LogP contribution is -2.52. The second-order valence-corrected chi connectivity index (χ2v) is 11.2. The molecule has 2 aliphatic heterocycles. The molecule has 0 radical (unpaired) electrons. The maximum absolute atomic E-state index is 14.6. The summed E-state index contributed by atoms with van der Waals surface area (Å²) < 4.78 is 48.3. The summed E-state index contributed by atoms with van der Waals surface area (Å²) in [4.78, 5) is 34.7. The maximum atomic E-state index is 14.6. The standard InChI is InChI=1S/C25H26ClF3N4O3S2.CH4O/c1-2-36-24(35)20-19(12-33-14-25(28,29)6-5-16(33)13-37-10-8-34)31-22(23-30-7-9-38-23)32-21(20)17-4-3-15(27)11-18(17)26;1-2/h3-4,7-9,11,16,21H,2,5-6,10,12-14H2,1H3,(H,31,32);2H,1H3/t16?,21-;/m0./s1. The van der Waals surface area contributed by atoms with Gasteiger partial charge in [0.25, 0.3) is 5.92 Å². The quantitative estimate of drug-likeness (QED) is 0.228. The molecule has 14 heteroatoms. The zero-order valence-corrected chi connectivity index (χ0v) is 24.3. The number of carbonyl (C=O) groups is 2. The second-order valence-electron chi connectivity index (χ2n) is 8.78. The molecule has 3 heterocycles. The zero-order valence-electron chi connectivity index (χ0n) is 21.9. The first kappa shape index (κ1) is 32.1. The molecule has 40 heavy (non-hydrogen) atoms. The minimum absolute atomic E-state index is 0.0320. The van der Waals surface area contributed by atoms with Crippen molar-refractivity contribution in [2.24, 2.45) is 4.99 Å². The van der Waals surface area contributed by atoms with Gasteiger partial charge in [-0.05, 0) is 25.5 Å². The molecular weight excluding hydrogens is 589 g/mol. The summed E-state index contributed by atoms with van der Waals surface area (Å²) in [6.45, 7) is 1.20. The smallest absolute Gasteiger partial charge is 0.338 e. The molecule has 1 saturated heterocycles. The van der Waals surface area contributed by atoms with Crippen LogP contribution in [0.15, 0.2) is 46.0 Å². The van der Waals surface area contributed by atoms with E-state index in [0.717, 1.165) is 19.5 Å². The molecule has 2 atom stereocenters. The number of aliphatic imine (C=N–C) groups is 1. The SMILES string of the molecule is CCOC(=O)C1=C(CN2CC(F)(F)CCC2CSCC=O)NC(c2nccs2)=N[C@H]1c1ccc(F)cc1Cl.CO. The number of thioether (sulfide) groups is 1. The van der Waals surface area contributed by atoms with Crippen LogP contribution in [0.2, 0.25) is 5.02 Å². The van der Waals surface area contributed by atoms with Crippen LogP contribution in [0, 0.1) is 5.82 Å². The number of aliphatic hydroxyl groups excluding tert-OH is 1. The Hall–Kier alpha value is -2.45. The Kier molecular flexibility index (Phi) is 12.0. The highest BCUT2D eigenvalue weighted by atomic mass is 35.5. The van der Waals surface area contributed by atoms with E-state index in [4.69, 9.17) is 26.4 Å². The highest BCUT2D eigenvalue weighted by Gasteiger charge is 2.42. The third kappa shape index (κ3) is 8.06. The third-order valence-corrected chi connectivity index (χ3v) is 8.26. The van der Waals surface area contributed by atoms with Crippen LogP contribution < -0.4 is 5.32 Å². The van der Waals surface area contributed by atoms with Gasteiger partial charge in [-0.25, -0.2) is 22.9 Å². The highest BCUT2D eigenvalue weighted by Crippen LogP contribution is 2.38. The Balaban J connectivity index is 0.00000216. The molecule has 2 aromatic rings. The largest absolute Gasteiger partial charge is 0.463 e. The fourth-order valence-corrected chi connectivity index (χ4v) is 6.20. The average molecular weight is 619 g/mol. The number of nitrogens with one attached hydrogen (secondary N) is 1. The Morgan fingerprint density at radius 2 is 2.17 bits per heavy atom. The van der Waals surface area contributed by atoms with Gasteiger partial charge in [-0.1, -0.05) is 17.7 Å². The molecule has 0 spiro atoms. The molecule has 2 N–H and O–H groups in total. The van der Waals surface area contributed by atoms with Crippen LogP contribution in [0.4, 0.5) is 13.2 Å². The molecule has 2 aliphatic rings. The number of halogens is 4. The number of ether oxygens (including phenoxy) is 1. The summed E-state index contributed by atoms with van der Waals surface area (Å²) in [5.41, 5.74) is 0.803.